The van der Waals surface area contributed by atoms with E-state index in [-0.39, 0.29) is 11.9 Å². The fraction of sp³-hybridized carbons (Fsp3) is 0.917. The molecule has 0 radical (unpaired) electrons. The summed E-state index contributed by atoms with van der Waals surface area (Å²) in [6.07, 6.45) is 2.18. The van der Waals surface area contributed by atoms with E-state index in [4.69, 9.17) is 9.47 Å². The molecule has 1 aliphatic heterocycles. The molecule has 17 heavy (non-hydrogen) atoms. The lowest BCUT2D eigenvalue weighted by Gasteiger charge is -2.24. The zero-order valence-electron chi connectivity index (χ0n) is 10.8. The summed E-state index contributed by atoms with van der Waals surface area (Å²) in [4.78, 5) is 11.6. The van der Waals surface area contributed by atoms with Crippen molar-refractivity contribution in [3.63, 3.8) is 0 Å². The van der Waals surface area contributed by atoms with E-state index in [0.717, 1.165) is 32.6 Å². The molecular formula is C12H24N2O3. The molecule has 1 amide bonds. The minimum Gasteiger partial charge on any atom is -0.383 e. The Labute approximate surface area is 103 Å². The van der Waals surface area contributed by atoms with Crippen molar-refractivity contribution in [1.82, 2.24) is 10.6 Å². The van der Waals surface area contributed by atoms with Crippen LogP contribution in [0, 0.1) is 5.92 Å². The number of amides is 1. The van der Waals surface area contributed by atoms with Gasteiger partial charge in [0.25, 0.3) is 0 Å². The molecule has 1 heterocycles. The van der Waals surface area contributed by atoms with Gasteiger partial charge in [-0.1, -0.05) is 0 Å². The second kappa shape index (κ2) is 8.44. The Balaban J connectivity index is 2.10. The topological polar surface area (TPSA) is 59.6 Å². The number of ether oxygens (including phenoxy) is 2. The molecule has 0 spiro atoms. The standard InChI is InChI=1S/C12H24N2O3/c1-10(12(15)13-5-8-16-2)14-9-11-3-6-17-7-4-11/h10-11,14H,3-9H2,1-2H3,(H,13,15). The first kappa shape index (κ1) is 14.4. The Bertz CT molecular complexity index is 218. The Hall–Kier alpha value is -0.650. The van der Waals surface area contributed by atoms with Gasteiger partial charge in [-0.25, -0.2) is 0 Å². The quantitative estimate of drug-likeness (QED) is 0.626. The highest BCUT2D eigenvalue weighted by molar-refractivity contribution is 5.81. The van der Waals surface area contributed by atoms with E-state index in [9.17, 15) is 4.79 Å². The zero-order chi connectivity index (χ0) is 12.5. The normalized spacial score (nSPS) is 18.9. The molecule has 1 saturated heterocycles. The van der Waals surface area contributed by atoms with Crippen molar-refractivity contribution in [3.05, 3.63) is 0 Å². The van der Waals surface area contributed by atoms with Gasteiger partial charge in [0.2, 0.25) is 5.91 Å². The predicted molar refractivity (Wildman–Crippen MR) is 65.9 cm³/mol. The number of carbonyl (C=O) groups excluding carboxylic acids is 1. The van der Waals surface area contributed by atoms with Crippen molar-refractivity contribution in [2.75, 3.05) is 40.0 Å². The molecule has 1 fully saturated rings. The largest absolute Gasteiger partial charge is 0.383 e. The van der Waals surface area contributed by atoms with Gasteiger partial charge < -0.3 is 20.1 Å². The van der Waals surface area contributed by atoms with Gasteiger partial charge in [-0.05, 0) is 32.2 Å². The first-order valence-corrected chi connectivity index (χ1v) is 6.31. The van der Waals surface area contributed by atoms with E-state index >= 15 is 0 Å². The van der Waals surface area contributed by atoms with Gasteiger partial charge in [-0.3, -0.25) is 4.79 Å². The summed E-state index contributed by atoms with van der Waals surface area (Å²) in [6.45, 7) is 5.60. The van der Waals surface area contributed by atoms with Crippen molar-refractivity contribution < 1.29 is 14.3 Å². The lowest BCUT2D eigenvalue weighted by molar-refractivity contribution is -0.123. The molecule has 2 N–H and O–H groups in total. The summed E-state index contributed by atoms with van der Waals surface area (Å²) in [5.74, 6) is 0.673. The second-order valence-corrected chi connectivity index (χ2v) is 4.47. The number of nitrogens with one attached hydrogen (secondary N) is 2. The third kappa shape index (κ3) is 6.00. The van der Waals surface area contributed by atoms with Crippen LogP contribution in [-0.2, 0) is 14.3 Å². The average molecular weight is 244 g/mol. The summed E-state index contributed by atoms with van der Waals surface area (Å²) in [5.41, 5.74) is 0. The molecule has 0 saturated carbocycles. The van der Waals surface area contributed by atoms with Crippen molar-refractivity contribution >= 4 is 5.91 Å². The van der Waals surface area contributed by atoms with Crippen LogP contribution in [0.3, 0.4) is 0 Å². The van der Waals surface area contributed by atoms with Gasteiger partial charge in [0.05, 0.1) is 12.6 Å². The van der Waals surface area contributed by atoms with Crippen LogP contribution in [0.2, 0.25) is 0 Å². The molecule has 0 aromatic heterocycles. The van der Waals surface area contributed by atoms with Gasteiger partial charge in [0.15, 0.2) is 0 Å². The number of rotatable bonds is 7. The van der Waals surface area contributed by atoms with Crippen LogP contribution >= 0.6 is 0 Å². The van der Waals surface area contributed by atoms with E-state index in [1.807, 2.05) is 6.92 Å². The smallest absolute Gasteiger partial charge is 0.236 e. The summed E-state index contributed by atoms with van der Waals surface area (Å²) in [5, 5.41) is 6.09. The monoisotopic (exact) mass is 244 g/mol. The Morgan fingerprint density at radius 3 is 2.82 bits per heavy atom. The lowest BCUT2D eigenvalue weighted by Crippen LogP contribution is -2.45. The summed E-state index contributed by atoms with van der Waals surface area (Å²) >= 11 is 0. The minimum absolute atomic E-state index is 0.0362. The molecule has 1 atom stereocenters. The Morgan fingerprint density at radius 1 is 1.47 bits per heavy atom. The third-order valence-electron chi connectivity index (χ3n) is 3.05. The number of methoxy groups -OCH3 is 1. The van der Waals surface area contributed by atoms with Crippen molar-refractivity contribution in [2.45, 2.75) is 25.8 Å². The molecule has 0 aliphatic carbocycles. The van der Waals surface area contributed by atoms with E-state index < -0.39 is 0 Å². The van der Waals surface area contributed by atoms with Crippen molar-refractivity contribution in [3.8, 4) is 0 Å². The number of hydrogen-bond donors (Lipinski definition) is 2. The van der Waals surface area contributed by atoms with E-state index in [0.29, 0.717) is 19.1 Å². The highest BCUT2D eigenvalue weighted by Crippen LogP contribution is 2.13. The fourth-order valence-corrected chi connectivity index (χ4v) is 1.82. The SMILES string of the molecule is COCCNC(=O)C(C)NCC1CCOCC1. The number of hydrogen-bond acceptors (Lipinski definition) is 4. The van der Waals surface area contributed by atoms with E-state index in [1.54, 1.807) is 7.11 Å². The van der Waals surface area contributed by atoms with Crippen molar-refractivity contribution in [2.24, 2.45) is 5.92 Å². The lowest BCUT2D eigenvalue weighted by atomic mass is 10.0. The van der Waals surface area contributed by atoms with E-state index in [2.05, 4.69) is 10.6 Å². The molecule has 1 rings (SSSR count). The van der Waals surface area contributed by atoms with Crippen LogP contribution in [0.25, 0.3) is 0 Å². The minimum atomic E-state index is -0.144. The van der Waals surface area contributed by atoms with Crippen LogP contribution in [0.15, 0.2) is 0 Å². The molecule has 1 unspecified atom stereocenters. The molecule has 1 aliphatic rings. The molecule has 0 aromatic rings. The molecule has 0 aromatic carbocycles. The highest BCUT2D eigenvalue weighted by atomic mass is 16.5. The first-order valence-electron chi connectivity index (χ1n) is 6.31. The van der Waals surface area contributed by atoms with Gasteiger partial charge in [-0.2, -0.15) is 0 Å². The average Bonchev–Trinajstić information content (AvgIpc) is 2.37. The first-order chi connectivity index (χ1) is 8.24. The molecule has 5 heteroatoms. The van der Waals surface area contributed by atoms with Crippen LogP contribution in [0.1, 0.15) is 19.8 Å². The van der Waals surface area contributed by atoms with Gasteiger partial charge >= 0.3 is 0 Å². The summed E-state index contributed by atoms with van der Waals surface area (Å²) < 4.78 is 10.2. The van der Waals surface area contributed by atoms with Gasteiger partial charge in [0.1, 0.15) is 0 Å². The Morgan fingerprint density at radius 2 is 2.18 bits per heavy atom. The maximum atomic E-state index is 11.6. The molecule has 5 nitrogen and oxygen atoms in total. The third-order valence-corrected chi connectivity index (χ3v) is 3.05. The van der Waals surface area contributed by atoms with Crippen molar-refractivity contribution in [1.29, 1.82) is 0 Å². The second-order valence-electron chi connectivity index (χ2n) is 4.47. The maximum absolute atomic E-state index is 11.6. The highest BCUT2D eigenvalue weighted by Gasteiger charge is 2.17. The Kier molecular flexibility index (Phi) is 7.16. The summed E-state index contributed by atoms with van der Waals surface area (Å²) in [6, 6.07) is -0.144. The molecular weight excluding hydrogens is 220 g/mol. The maximum Gasteiger partial charge on any atom is 0.236 e. The van der Waals surface area contributed by atoms with Crippen LogP contribution < -0.4 is 10.6 Å². The molecule has 0 bridgehead atoms. The summed E-state index contributed by atoms with van der Waals surface area (Å²) in [7, 11) is 1.62. The van der Waals surface area contributed by atoms with Gasteiger partial charge in [0, 0.05) is 26.9 Å². The van der Waals surface area contributed by atoms with Gasteiger partial charge in [-0.15, -0.1) is 0 Å². The predicted octanol–water partition coefficient (Wildman–Crippen LogP) is 0.154. The zero-order valence-corrected chi connectivity index (χ0v) is 10.8. The fourth-order valence-electron chi connectivity index (χ4n) is 1.82. The van der Waals surface area contributed by atoms with E-state index in [1.165, 1.54) is 0 Å². The van der Waals surface area contributed by atoms with Crippen LogP contribution in [-0.4, -0.2) is 52.0 Å². The molecule has 100 valence electrons. The van der Waals surface area contributed by atoms with Crippen LogP contribution in [0.5, 0.6) is 0 Å². The number of carbonyl (C=O) groups is 1. The van der Waals surface area contributed by atoms with Crippen LogP contribution in [0.4, 0.5) is 0 Å².